The van der Waals surface area contributed by atoms with Crippen molar-refractivity contribution >= 4 is 15.9 Å². The van der Waals surface area contributed by atoms with Gasteiger partial charge in [-0.2, -0.15) is 0 Å². The zero-order valence-corrected chi connectivity index (χ0v) is 16.0. The first kappa shape index (κ1) is 19.7. The van der Waals surface area contributed by atoms with Crippen LogP contribution in [0.2, 0.25) is 0 Å². The fraction of sp³-hybridized carbons (Fsp3) is 0.611. The van der Waals surface area contributed by atoms with Gasteiger partial charge in [-0.05, 0) is 44.9 Å². The molecule has 1 aromatic rings. The van der Waals surface area contributed by atoms with Crippen molar-refractivity contribution in [3.05, 3.63) is 23.8 Å². The van der Waals surface area contributed by atoms with Gasteiger partial charge < -0.3 is 10.1 Å². The molecular formula is C18H28N2O4S. The van der Waals surface area contributed by atoms with Crippen molar-refractivity contribution in [3.63, 3.8) is 0 Å². The molecule has 6 nitrogen and oxygen atoms in total. The molecule has 1 amide bonds. The SMILES string of the molecule is COc1ccc(C(=O)NC2CCCCCC2)cc1S(=O)(=O)NC(C)C. The minimum absolute atomic E-state index is 0.0165. The number of hydrogen-bond acceptors (Lipinski definition) is 4. The Balaban J connectivity index is 2.24. The van der Waals surface area contributed by atoms with Crippen molar-refractivity contribution < 1.29 is 17.9 Å². The van der Waals surface area contributed by atoms with E-state index >= 15 is 0 Å². The highest BCUT2D eigenvalue weighted by Crippen LogP contribution is 2.25. The third-order valence-electron chi connectivity index (χ3n) is 4.30. The van der Waals surface area contributed by atoms with Crippen LogP contribution >= 0.6 is 0 Å². The molecule has 1 fully saturated rings. The van der Waals surface area contributed by atoms with Crippen LogP contribution in [0, 0.1) is 0 Å². The van der Waals surface area contributed by atoms with Crippen molar-refractivity contribution in [2.45, 2.75) is 69.4 Å². The van der Waals surface area contributed by atoms with E-state index in [1.54, 1.807) is 19.9 Å². The molecular weight excluding hydrogens is 340 g/mol. The van der Waals surface area contributed by atoms with Crippen molar-refractivity contribution in [2.24, 2.45) is 0 Å². The summed E-state index contributed by atoms with van der Waals surface area (Å²) in [5, 5.41) is 3.04. The standard InChI is InChI=1S/C18H28N2O4S/c1-13(2)20-25(22,23)17-12-14(10-11-16(17)24-3)18(21)19-15-8-6-4-5-7-9-15/h10-13,15,20H,4-9H2,1-3H3,(H,19,21). The van der Waals surface area contributed by atoms with Crippen LogP contribution in [0.5, 0.6) is 5.75 Å². The summed E-state index contributed by atoms with van der Waals surface area (Å²) in [6, 6.07) is 4.41. The molecule has 25 heavy (non-hydrogen) atoms. The second-order valence-electron chi connectivity index (χ2n) is 6.80. The van der Waals surface area contributed by atoms with Crippen LogP contribution in [-0.4, -0.2) is 33.5 Å². The highest BCUT2D eigenvalue weighted by molar-refractivity contribution is 7.89. The summed E-state index contributed by atoms with van der Waals surface area (Å²) in [4.78, 5) is 12.5. The van der Waals surface area contributed by atoms with Gasteiger partial charge in [-0.1, -0.05) is 25.7 Å². The first-order valence-corrected chi connectivity index (χ1v) is 10.3. The number of methoxy groups -OCH3 is 1. The zero-order chi connectivity index (χ0) is 18.4. The van der Waals surface area contributed by atoms with Crippen LogP contribution in [-0.2, 0) is 10.0 Å². The summed E-state index contributed by atoms with van der Waals surface area (Å²) in [5.41, 5.74) is 0.328. The van der Waals surface area contributed by atoms with E-state index in [9.17, 15) is 13.2 Å². The zero-order valence-electron chi connectivity index (χ0n) is 15.2. The van der Waals surface area contributed by atoms with Crippen LogP contribution in [0.1, 0.15) is 62.7 Å². The molecule has 1 aliphatic rings. The molecule has 0 saturated heterocycles. The summed E-state index contributed by atoms with van der Waals surface area (Å²) in [6.45, 7) is 3.49. The summed E-state index contributed by atoms with van der Waals surface area (Å²) < 4.78 is 32.7. The minimum Gasteiger partial charge on any atom is -0.495 e. The molecule has 0 spiro atoms. The Bertz CT molecular complexity index is 693. The number of carbonyl (C=O) groups is 1. The molecule has 1 aromatic carbocycles. The monoisotopic (exact) mass is 368 g/mol. The van der Waals surface area contributed by atoms with E-state index in [2.05, 4.69) is 10.0 Å². The summed E-state index contributed by atoms with van der Waals surface area (Å²) >= 11 is 0. The second-order valence-corrected chi connectivity index (χ2v) is 8.49. The summed E-state index contributed by atoms with van der Waals surface area (Å²) in [5.74, 6) is -0.0188. The number of benzene rings is 1. The smallest absolute Gasteiger partial charge is 0.251 e. The summed E-state index contributed by atoms with van der Waals surface area (Å²) in [6.07, 6.45) is 6.59. The molecule has 0 aromatic heterocycles. The predicted molar refractivity (Wildman–Crippen MR) is 97.4 cm³/mol. The lowest BCUT2D eigenvalue weighted by molar-refractivity contribution is 0.0933. The van der Waals surface area contributed by atoms with Crippen molar-refractivity contribution in [1.29, 1.82) is 0 Å². The number of carbonyl (C=O) groups excluding carboxylic acids is 1. The molecule has 140 valence electrons. The lowest BCUT2D eigenvalue weighted by atomic mass is 10.1. The number of rotatable bonds is 6. The predicted octanol–water partition coefficient (Wildman–Crippen LogP) is 2.83. The van der Waals surface area contributed by atoms with Crippen molar-refractivity contribution in [3.8, 4) is 5.75 Å². The van der Waals surface area contributed by atoms with Crippen LogP contribution in [0.25, 0.3) is 0 Å². The maximum absolute atomic E-state index is 12.6. The highest BCUT2D eigenvalue weighted by Gasteiger charge is 2.23. The number of nitrogens with one attached hydrogen (secondary N) is 2. The Morgan fingerprint density at radius 2 is 1.80 bits per heavy atom. The molecule has 1 saturated carbocycles. The molecule has 2 N–H and O–H groups in total. The van der Waals surface area contributed by atoms with E-state index in [0.717, 1.165) is 25.7 Å². The van der Waals surface area contributed by atoms with Gasteiger partial charge in [0.05, 0.1) is 7.11 Å². The number of amides is 1. The van der Waals surface area contributed by atoms with Gasteiger partial charge in [-0.15, -0.1) is 0 Å². The maximum atomic E-state index is 12.6. The maximum Gasteiger partial charge on any atom is 0.251 e. The van der Waals surface area contributed by atoms with Gasteiger partial charge in [-0.3, -0.25) is 4.79 Å². The molecule has 0 heterocycles. The topological polar surface area (TPSA) is 84.5 Å². The van der Waals surface area contributed by atoms with Gasteiger partial charge in [0.2, 0.25) is 10.0 Å². The molecule has 0 atom stereocenters. The molecule has 2 rings (SSSR count). The van der Waals surface area contributed by atoms with Gasteiger partial charge in [0.1, 0.15) is 10.6 Å². The van der Waals surface area contributed by atoms with E-state index < -0.39 is 10.0 Å². The van der Waals surface area contributed by atoms with E-state index in [1.165, 1.54) is 32.1 Å². The van der Waals surface area contributed by atoms with Gasteiger partial charge >= 0.3 is 0 Å². The molecule has 0 aliphatic heterocycles. The minimum atomic E-state index is -3.75. The average Bonchev–Trinajstić information content (AvgIpc) is 2.81. The Hall–Kier alpha value is -1.60. The van der Waals surface area contributed by atoms with E-state index in [-0.39, 0.29) is 28.6 Å². The Morgan fingerprint density at radius 1 is 1.16 bits per heavy atom. The molecule has 0 unspecified atom stereocenters. The van der Waals surface area contributed by atoms with E-state index in [1.807, 2.05) is 0 Å². The third kappa shape index (κ3) is 5.44. The molecule has 7 heteroatoms. The fourth-order valence-electron chi connectivity index (χ4n) is 3.09. The summed E-state index contributed by atoms with van der Waals surface area (Å²) in [7, 11) is -2.34. The first-order valence-electron chi connectivity index (χ1n) is 8.84. The van der Waals surface area contributed by atoms with Crippen LogP contribution in [0.15, 0.2) is 23.1 Å². The number of hydrogen-bond donors (Lipinski definition) is 2. The molecule has 0 radical (unpaired) electrons. The lowest BCUT2D eigenvalue weighted by Crippen LogP contribution is -2.35. The van der Waals surface area contributed by atoms with Crippen LogP contribution < -0.4 is 14.8 Å². The van der Waals surface area contributed by atoms with Crippen LogP contribution in [0.3, 0.4) is 0 Å². The highest BCUT2D eigenvalue weighted by atomic mass is 32.2. The quantitative estimate of drug-likeness (QED) is 0.756. The Morgan fingerprint density at radius 3 is 2.36 bits per heavy atom. The largest absolute Gasteiger partial charge is 0.495 e. The van der Waals surface area contributed by atoms with E-state index in [0.29, 0.717) is 5.56 Å². The Kier molecular flexibility index (Phi) is 6.84. The van der Waals surface area contributed by atoms with Gasteiger partial charge in [-0.25, -0.2) is 13.1 Å². The fourth-order valence-corrected chi connectivity index (χ4v) is 4.54. The number of ether oxygens (including phenoxy) is 1. The van der Waals surface area contributed by atoms with Crippen LogP contribution in [0.4, 0.5) is 0 Å². The van der Waals surface area contributed by atoms with Gasteiger partial charge in [0.15, 0.2) is 0 Å². The molecule has 1 aliphatic carbocycles. The average molecular weight is 368 g/mol. The normalized spacial score (nSPS) is 16.5. The van der Waals surface area contributed by atoms with Crippen molar-refractivity contribution in [2.75, 3.05) is 7.11 Å². The van der Waals surface area contributed by atoms with Gasteiger partial charge in [0.25, 0.3) is 5.91 Å². The number of sulfonamides is 1. The van der Waals surface area contributed by atoms with Gasteiger partial charge in [0, 0.05) is 17.6 Å². The second kappa shape index (κ2) is 8.67. The first-order chi connectivity index (χ1) is 11.8. The third-order valence-corrected chi connectivity index (χ3v) is 5.98. The lowest BCUT2D eigenvalue weighted by Gasteiger charge is -2.17. The molecule has 0 bridgehead atoms. The Labute approximate surface area is 150 Å². The van der Waals surface area contributed by atoms with E-state index in [4.69, 9.17) is 4.74 Å². The van der Waals surface area contributed by atoms with Crippen molar-refractivity contribution in [1.82, 2.24) is 10.0 Å².